The Morgan fingerprint density at radius 3 is 2.19 bits per heavy atom. The van der Waals surface area contributed by atoms with Crippen molar-refractivity contribution >= 4 is 31.5 Å². The van der Waals surface area contributed by atoms with Crippen LogP contribution in [0.5, 0.6) is 5.75 Å². The maximum Gasteiger partial charge on any atom is 0.264 e. The second-order valence-corrected chi connectivity index (χ2v) is 11.0. The molecule has 2 aromatic carbocycles. The Labute approximate surface area is 188 Å². The summed E-state index contributed by atoms with van der Waals surface area (Å²) in [5.41, 5.74) is 0.225. The monoisotopic (exact) mass is 482 g/mol. The lowest BCUT2D eigenvalue weighted by Crippen LogP contribution is -2.47. The standard InChI is InChI=1S/C21H26N2O7S2/c1-3-30-20-7-5-4-6-19(20)23(16-21(24)22-12-14-29-15-13-22)32(27,28)18-10-8-17(9-11-18)31(2,25)26/h4-11H,3,12-16H2,1-2H3. The quantitative estimate of drug-likeness (QED) is 0.561. The van der Waals surface area contributed by atoms with Gasteiger partial charge in [-0.2, -0.15) is 0 Å². The summed E-state index contributed by atoms with van der Waals surface area (Å²) < 4.78 is 62.6. The molecule has 0 unspecified atom stereocenters. The van der Waals surface area contributed by atoms with Crippen LogP contribution in [0.3, 0.4) is 0 Å². The second-order valence-electron chi connectivity index (χ2n) is 7.15. The van der Waals surface area contributed by atoms with E-state index in [1.54, 1.807) is 36.1 Å². The summed E-state index contributed by atoms with van der Waals surface area (Å²) in [6, 6.07) is 11.5. The number of hydrogen-bond donors (Lipinski definition) is 0. The first-order valence-corrected chi connectivity index (χ1v) is 13.4. The Balaban J connectivity index is 2.04. The molecule has 1 aliphatic heterocycles. The molecule has 1 aliphatic rings. The van der Waals surface area contributed by atoms with Gasteiger partial charge in [0.2, 0.25) is 5.91 Å². The number of morpholine rings is 1. The molecule has 0 bridgehead atoms. The molecule has 9 nitrogen and oxygen atoms in total. The molecule has 0 spiro atoms. The molecule has 1 fully saturated rings. The van der Waals surface area contributed by atoms with Gasteiger partial charge in [-0.15, -0.1) is 0 Å². The van der Waals surface area contributed by atoms with E-state index in [2.05, 4.69) is 0 Å². The van der Waals surface area contributed by atoms with Crippen molar-refractivity contribution < 1.29 is 31.1 Å². The summed E-state index contributed by atoms with van der Waals surface area (Å²) in [6.45, 7) is 3.19. The van der Waals surface area contributed by atoms with Gasteiger partial charge in [-0.1, -0.05) is 12.1 Å². The number of nitrogens with zero attached hydrogens (tertiary/aromatic N) is 2. The molecule has 1 amide bonds. The Kier molecular flexibility index (Phi) is 7.42. The average molecular weight is 483 g/mol. The van der Waals surface area contributed by atoms with E-state index in [1.807, 2.05) is 0 Å². The normalized spacial score (nSPS) is 14.8. The van der Waals surface area contributed by atoms with Crippen molar-refractivity contribution in [2.75, 3.05) is 50.0 Å². The van der Waals surface area contributed by atoms with Crippen LogP contribution in [0.15, 0.2) is 58.3 Å². The van der Waals surface area contributed by atoms with Crippen LogP contribution in [0.4, 0.5) is 5.69 Å². The Hall–Kier alpha value is -2.63. The van der Waals surface area contributed by atoms with E-state index in [0.717, 1.165) is 10.6 Å². The molecule has 11 heteroatoms. The Morgan fingerprint density at radius 1 is 1.00 bits per heavy atom. The minimum atomic E-state index is -4.21. The second kappa shape index (κ2) is 9.88. The SMILES string of the molecule is CCOc1ccccc1N(CC(=O)N1CCOCC1)S(=O)(=O)c1ccc(S(C)(=O)=O)cc1. The maximum atomic E-state index is 13.6. The smallest absolute Gasteiger partial charge is 0.264 e. The number of rotatable bonds is 8. The third-order valence-corrected chi connectivity index (χ3v) is 7.82. The number of carbonyl (C=O) groups excluding carboxylic acids is 1. The topological polar surface area (TPSA) is 110 Å². The predicted octanol–water partition coefficient (Wildman–Crippen LogP) is 1.54. The molecule has 0 aliphatic carbocycles. The number of ether oxygens (including phenoxy) is 2. The zero-order valence-electron chi connectivity index (χ0n) is 17.9. The Morgan fingerprint density at radius 2 is 1.59 bits per heavy atom. The van der Waals surface area contributed by atoms with Gasteiger partial charge in [0.15, 0.2) is 9.84 Å². The zero-order valence-corrected chi connectivity index (χ0v) is 19.6. The minimum absolute atomic E-state index is 0.00195. The average Bonchev–Trinajstić information content (AvgIpc) is 2.78. The van der Waals surface area contributed by atoms with Gasteiger partial charge in [-0.25, -0.2) is 16.8 Å². The van der Waals surface area contributed by atoms with Gasteiger partial charge in [-0.05, 0) is 43.3 Å². The lowest BCUT2D eigenvalue weighted by Gasteiger charge is -2.31. The van der Waals surface area contributed by atoms with Crippen molar-refractivity contribution in [2.45, 2.75) is 16.7 Å². The van der Waals surface area contributed by atoms with E-state index in [-0.39, 0.29) is 21.4 Å². The highest BCUT2D eigenvalue weighted by Gasteiger charge is 2.31. The molecule has 1 heterocycles. The predicted molar refractivity (Wildman–Crippen MR) is 119 cm³/mol. The molecule has 0 radical (unpaired) electrons. The fourth-order valence-electron chi connectivity index (χ4n) is 3.26. The van der Waals surface area contributed by atoms with Gasteiger partial charge in [0.25, 0.3) is 10.0 Å². The van der Waals surface area contributed by atoms with Crippen molar-refractivity contribution in [3.8, 4) is 5.75 Å². The van der Waals surface area contributed by atoms with Crippen molar-refractivity contribution in [3.05, 3.63) is 48.5 Å². The van der Waals surface area contributed by atoms with E-state index >= 15 is 0 Å². The summed E-state index contributed by atoms with van der Waals surface area (Å²) in [4.78, 5) is 14.4. The van der Waals surface area contributed by atoms with Crippen molar-refractivity contribution in [2.24, 2.45) is 0 Å². The third kappa shape index (κ3) is 5.40. The van der Waals surface area contributed by atoms with Gasteiger partial charge in [0.05, 0.1) is 35.3 Å². The first kappa shape index (κ1) is 24.0. The van der Waals surface area contributed by atoms with Crippen molar-refractivity contribution in [1.29, 1.82) is 0 Å². The molecule has 174 valence electrons. The van der Waals surface area contributed by atoms with Crippen molar-refractivity contribution in [1.82, 2.24) is 4.90 Å². The summed E-state index contributed by atoms with van der Waals surface area (Å²) in [7, 11) is -7.70. The number of amides is 1. The Bertz CT molecular complexity index is 1160. The van der Waals surface area contributed by atoms with E-state index in [4.69, 9.17) is 9.47 Å². The maximum absolute atomic E-state index is 13.6. The molecule has 0 aromatic heterocycles. The van der Waals surface area contributed by atoms with E-state index in [9.17, 15) is 21.6 Å². The lowest BCUT2D eigenvalue weighted by atomic mass is 10.3. The molecule has 2 aromatic rings. The first-order valence-electron chi connectivity index (χ1n) is 10.0. The van der Waals surface area contributed by atoms with E-state index < -0.39 is 26.4 Å². The first-order chi connectivity index (χ1) is 15.1. The van der Waals surface area contributed by atoms with Gasteiger partial charge >= 0.3 is 0 Å². The molecular weight excluding hydrogens is 456 g/mol. The molecule has 0 atom stereocenters. The van der Waals surface area contributed by atoms with Crippen LogP contribution in [0.2, 0.25) is 0 Å². The third-order valence-electron chi connectivity index (χ3n) is 4.92. The van der Waals surface area contributed by atoms with Crippen LogP contribution in [0.1, 0.15) is 6.92 Å². The number of anilines is 1. The van der Waals surface area contributed by atoms with Crippen LogP contribution in [-0.4, -0.2) is 73.4 Å². The molecule has 1 saturated heterocycles. The highest BCUT2D eigenvalue weighted by Crippen LogP contribution is 2.33. The number of hydrogen-bond acceptors (Lipinski definition) is 7. The fraction of sp³-hybridized carbons (Fsp3) is 0.381. The van der Waals surface area contributed by atoms with Gasteiger partial charge in [0, 0.05) is 19.3 Å². The van der Waals surface area contributed by atoms with Gasteiger partial charge in [0.1, 0.15) is 12.3 Å². The number of para-hydroxylation sites is 2. The summed E-state index contributed by atoms with van der Waals surface area (Å²) in [5.74, 6) is -0.0444. The van der Waals surface area contributed by atoms with Gasteiger partial charge < -0.3 is 14.4 Å². The van der Waals surface area contributed by atoms with Crippen molar-refractivity contribution in [3.63, 3.8) is 0 Å². The molecule has 3 rings (SSSR count). The number of benzene rings is 2. The highest BCUT2D eigenvalue weighted by molar-refractivity contribution is 7.93. The largest absolute Gasteiger partial charge is 0.492 e. The molecule has 0 N–H and O–H groups in total. The van der Waals surface area contributed by atoms with E-state index in [1.165, 1.54) is 24.3 Å². The lowest BCUT2D eigenvalue weighted by molar-refractivity contribution is -0.133. The summed E-state index contributed by atoms with van der Waals surface area (Å²) in [5, 5.41) is 0. The summed E-state index contributed by atoms with van der Waals surface area (Å²) >= 11 is 0. The summed E-state index contributed by atoms with van der Waals surface area (Å²) in [6.07, 6.45) is 1.04. The molecule has 32 heavy (non-hydrogen) atoms. The van der Waals surface area contributed by atoms with Crippen LogP contribution >= 0.6 is 0 Å². The van der Waals surface area contributed by atoms with Crippen LogP contribution in [-0.2, 0) is 29.4 Å². The number of sulfonamides is 1. The number of sulfone groups is 1. The molecule has 0 saturated carbocycles. The highest BCUT2D eigenvalue weighted by atomic mass is 32.2. The fourth-order valence-corrected chi connectivity index (χ4v) is 5.32. The van der Waals surface area contributed by atoms with Crippen LogP contribution in [0.25, 0.3) is 0 Å². The van der Waals surface area contributed by atoms with Crippen LogP contribution < -0.4 is 9.04 Å². The van der Waals surface area contributed by atoms with E-state index in [0.29, 0.717) is 38.7 Å². The molecular formula is C21H26N2O7S2. The van der Waals surface area contributed by atoms with Gasteiger partial charge in [-0.3, -0.25) is 9.10 Å². The van der Waals surface area contributed by atoms with Crippen LogP contribution in [0, 0.1) is 0 Å². The number of carbonyl (C=O) groups is 1. The minimum Gasteiger partial charge on any atom is -0.492 e. The zero-order chi connectivity index (χ0) is 23.4.